The molecule has 0 aliphatic rings. The number of terminal acetylenes is 1. The average molecular weight is 231 g/mol. The van der Waals surface area contributed by atoms with Crippen molar-refractivity contribution in [3.05, 3.63) is 29.8 Å². The van der Waals surface area contributed by atoms with Crippen LogP contribution in [0.25, 0.3) is 0 Å². The molecule has 0 bridgehead atoms. The Morgan fingerprint density at radius 2 is 2.18 bits per heavy atom. The molecule has 1 atom stereocenters. The predicted molar refractivity (Wildman–Crippen MR) is 72.1 cm³/mol. The summed E-state index contributed by atoms with van der Waals surface area (Å²) in [7, 11) is 1.71. The summed E-state index contributed by atoms with van der Waals surface area (Å²) in [6.45, 7) is 3.15. The van der Waals surface area contributed by atoms with E-state index in [1.54, 1.807) is 7.11 Å². The zero-order valence-corrected chi connectivity index (χ0v) is 10.7. The monoisotopic (exact) mass is 231 g/mol. The third-order valence-corrected chi connectivity index (χ3v) is 2.73. The van der Waals surface area contributed by atoms with E-state index in [-0.39, 0.29) is 6.04 Å². The molecule has 1 N–H and O–H groups in total. The minimum atomic E-state index is 0.280. The minimum Gasteiger partial charge on any atom is -0.496 e. The first-order valence-corrected chi connectivity index (χ1v) is 6.13. The van der Waals surface area contributed by atoms with E-state index in [2.05, 4.69) is 24.2 Å². The minimum absolute atomic E-state index is 0.280. The van der Waals surface area contributed by atoms with E-state index in [0.29, 0.717) is 0 Å². The van der Waals surface area contributed by atoms with Gasteiger partial charge < -0.3 is 10.1 Å². The van der Waals surface area contributed by atoms with E-state index in [9.17, 15) is 0 Å². The zero-order valence-electron chi connectivity index (χ0n) is 10.7. The summed E-state index contributed by atoms with van der Waals surface area (Å²) in [5, 5.41) is 3.52. The lowest BCUT2D eigenvalue weighted by molar-refractivity contribution is 0.395. The molecule has 0 aliphatic carbocycles. The van der Waals surface area contributed by atoms with E-state index < -0.39 is 0 Å². The SMILES string of the molecule is C#CCCC(NCCC)c1ccccc1OC. The Balaban J connectivity index is 2.83. The van der Waals surface area contributed by atoms with Gasteiger partial charge in [-0.1, -0.05) is 25.1 Å². The van der Waals surface area contributed by atoms with Crippen LogP contribution < -0.4 is 10.1 Å². The number of hydrogen-bond donors (Lipinski definition) is 1. The van der Waals surface area contributed by atoms with Gasteiger partial charge in [0.2, 0.25) is 0 Å². The van der Waals surface area contributed by atoms with Crippen molar-refractivity contribution in [1.82, 2.24) is 5.32 Å². The number of methoxy groups -OCH3 is 1. The molecule has 0 fully saturated rings. The molecule has 0 saturated heterocycles. The molecule has 2 heteroatoms. The lowest BCUT2D eigenvalue weighted by atomic mass is 10.0. The maximum atomic E-state index is 5.39. The Bertz CT molecular complexity index is 367. The topological polar surface area (TPSA) is 21.3 Å². The van der Waals surface area contributed by atoms with Crippen molar-refractivity contribution in [2.75, 3.05) is 13.7 Å². The van der Waals surface area contributed by atoms with E-state index in [1.165, 1.54) is 5.56 Å². The Hall–Kier alpha value is -1.46. The van der Waals surface area contributed by atoms with Crippen LogP contribution in [-0.4, -0.2) is 13.7 Å². The number of hydrogen-bond acceptors (Lipinski definition) is 2. The third-order valence-electron chi connectivity index (χ3n) is 2.73. The molecule has 0 amide bonds. The van der Waals surface area contributed by atoms with Crippen LogP contribution in [0.4, 0.5) is 0 Å². The van der Waals surface area contributed by atoms with Crippen LogP contribution in [0.3, 0.4) is 0 Å². The first-order valence-electron chi connectivity index (χ1n) is 6.13. The van der Waals surface area contributed by atoms with Gasteiger partial charge in [0.1, 0.15) is 5.75 Å². The van der Waals surface area contributed by atoms with Crippen molar-refractivity contribution in [2.45, 2.75) is 32.2 Å². The van der Waals surface area contributed by atoms with Crippen molar-refractivity contribution in [2.24, 2.45) is 0 Å². The van der Waals surface area contributed by atoms with Gasteiger partial charge in [0.25, 0.3) is 0 Å². The van der Waals surface area contributed by atoms with E-state index in [1.807, 2.05) is 18.2 Å². The van der Waals surface area contributed by atoms with Crippen molar-refractivity contribution < 1.29 is 4.74 Å². The molecular formula is C15H21NO. The normalized spacial score (nSPS) is 11.8. The molecule has 0 aliphatic heterocycles. The Morgan fingerprint density at radius 1 is 1.41 bits per heavy atom. The summed E-state index contributed by atoms with van der Waals surface area (Å²) in [4.78, 5) is 0. The van der Waals surface area contributed by atoms with Crippen LogP contribution in [0.15, 0.2) is 24.3 Å². The van der Waals surface area contributed by atoms with Gasteiger partial charge in [-0.15, -0.1) is 12.3 Å². The van der Waals surface area contributed by atoms with Crippen molar-refractivity contribution in [3.8, 4) is 18.1 Å². The number of benzene rings is 1. The highest BCUT2D eigenvalue weighted by molar-refractivity contribution is 5.35. The highest BCUT2D eigenvalue weighted by Crippen LogP contribution is 2.27. The smallest absolute Gasteiger partial charge is 0.123 e. The molecule has 2 nitrogen and oxygen atoms in total. The number of rotatable bonds is 7. The first-order chi connectivity index (χ1) is 8.33. The lowest BCUT2D eigenvalue weighted by Gasteiger charge is -2.20. The quantitative estimate of drug-likeness (QED) is 0.728. The summed E-state index contributed by atoms with van der Waals surface area (Å²) in [6.07, 6.45) is 8.18. The Morgan fingerprint density at radius 3 is 2.82 bits per heavy atom. The molecule has 17 heavy (non-hydrogen) atoms. The number of para-hydroxylation sites is 1. The molecule has 0 heterocycles. The van der Waals surface area contributed by atoms with E-state index in [4.69, 9.17) is 11.2 Å². The number of nitrogens with one attached hydrogen (secondary N) is 1. The Labute approximate surface area is 104 Å². The molecule has 0 saturated carbocycles. The molecule has 1 aromatic carbocycles. The maximum Gasteiger partial charge on any atom is 0.123 e. The average Bonchev–Trinajstić information content (AvgIpc) is 2.39. The summed E-state index contributed by atoms with van der Waals surface area (Å²) in [5.74, 6) is 3.63. The van der Waals surface area contributed by atoms with Crippen LogP contribution in [0.5, 0.6) is 5.75 Å². The second-order valence-electron chi connectivity index (χ2n) is 3.99. The molecular weight excluding hydrogens is 210 g/mol. The number of ether oxygens (including phenoxy) is 1. The van der Waals surface area contributed by atoms with E-state index in [0.717, 1.165) is 31.6 Å². The van der Waals surface area contributed by atoms with Crippen LogP contribution >= 0.6 is 0 Å². The van der Waals surface area contributed by atoms with Gasteiger partial charge in [-0.2, -0.15) is 0 Å². The second-order valence-corrected chi connectivity index (χ2v) is 3.99. The zero-order chi connectivity index (χ0) is 12.5. The molecule has 0 aromatic heterocycles. The summed E-state index contributed by atoms with van der Waals surface area (Å²) in [6, 6.07) is 8.39. The highest BCUT2D eigenvalue weighted by atomic mass is 16.5. The van der Waals surface area contributed by atoms with Gasteiger partial charge in [-0.25, -0.2) is 0 Å². The fourth-order valence-corrected chi connectivity index (χ4v) is 1.87. The second kappa shape index (κ2) is 7.76. The fourth-order valence-electron chi connectivity index (χ4n) is 1.87. The highest BCUT2D eigenvalue weighted by Gasteiger charge is 2.13. The molecule has 1 aromatic rings. The predicted octanol–water partition coefficient (Wildman–Crippen LogP) is 3.15. The molecule has 0 spiro atoms. The first kappa shape index (κ1) is 13.6. The maximum absolute atomic E-state index is 5.39. The third kappa shape index (κ3) is 4.13. The molecule has 1 rings (SSSR count). The molecule has 0 radical (unpaired) electrons. The van der Waals surface area contributed by atoms with Gasteiger partial charge >= 0.3 is 0 Å². The van der Waals surface area contributed by atoms with Crippen LogP contribution in [0.2, 0.25) is 0 Å². The molecule has 1 unspecified atom stereocenters. The van der Waals surface area contributed by atoms with Crippen LogP contribution in [0, 0.1) is 12.3 Å². The van der Waals surface area contributed by atoms with Crippen molar-refractivity contribution in [1.29, 1.82) is 0 Å². The lowest BCUT2D eigenvalue weighted by Crippen LogP contribution is -2.22. The van der Waals surface area contributed by atoms with Gasteiger partial charge in [-0.3, -0.25) is 0 Å². The summed E-state index contributed by atoms with van der Waals surface area (Å²) < 4.78 is 5.39. The van der Waals surface area contributed by atoms with Crippen molar-refractivity contribution in [3.63, 3.8) is 0 Å². The van der Waals surface area contributed by atoms with E-state index >= 15 is 0 Å². The van der Waals surface area contributed by atoms with Crippen molar-refractivity contribution >= 4 is 0 Å². The van der Waals surface area contributed by atoms with Gasteiger partial charge in [0.05, 0.1) is 7.11 Å². The van der Waals surface area contributed by atoms with Crippen LogP contribution in [-0.2, 0) is 0 Å². The largest absolute Gasteiger partial charge is 0.496 e. The summed E-state index contributed by atoms with van der Waals surface area (Å²) in [5.41, 5.74) is 1.19. The standard InChI is InChI=1S/C15H21NO/c1-4-6-10-14(16-12-5-2)13-9-7-8-11-15(13)17-3/h1,7-9,11,14,16H,5-6,10,12H2,2-3H3. The van der Waals surface area contributed by atoms with Gasteiger partial charge in [0, 0.05) is 18.0 Å². The molecule has 92 valence electrons. The van der Waals surface area contributed by atoms with Gasteiger partial charge in [0.15, 0.2) is 0 Å². The Kier molecular flexibility index (Phi) is 6.21. The fraction of sp³-hybridized carbons (Fsp3) is 0.467. The van der Waals surface area contributed by atoms with Crippen LogP contribution in [0.1, 0.15) is 37.8 Å². The summed E-state index contributed by atoms with van der Waals surface area (Å²) >= 11 is 0. The van der Waals surface area contributed by atoms with Gasteiger partial charge in [-0.05, 0) is 25.5 Å².